The summed E-state index contributed by atoms with van der Waals surface area (Å²) in [5.74, 6) is -0.865. The molecule has 1 N–H and O–H groups in total. The lowest BCUT2D eigenvalue weighted by molar-refractivity contribution is -0.135. The van der Waals surface area contributed by atoms with Crippen LogP contribution in [0.25, 0.3) is 0 Å². The first kappa shape index (κ1) is 21.7. The standard InChI is InChI=1S/C23H24ClN3O3S/c1-15-9-10-16(13-17(15)24)25-20(28)14-27-18-7-3-4-8-19(18)31-21(23(27)30)22(29)26-11-5-2-6-12-26/h3-4,7-10,13,21H,2,5-6,11-12,14H2,1H3,(H,25,28)/t21-/m0/s1. The molecule has 2 heterocycles. The second-order valence-corrected chi connectivity index (χ2v) is 9.34. The summed E-state index contributed by atoms with van der Waals surface area (Å²) in [7, 11) is 0. The molecule has 1 fully saturated rings. The van der Waals surface area contributed by atoms with Gasteiger partial charge >= 0.3 is 0 Å². The highest BCUT2D eigenvalue weighted by atomic mass is 35.5. The quantitative estimate of drug-likeness (QED) is 0.701. The highest BCUT2D eigenvalue weighted by Gasteiger charge is 2.40. The van der Waals surface area contributed by atoms with Gasteiger partial charge in [-0.3, -0.25) is 14.4 Å². The molecule has 8 heteroatoms. The van der Waals surface area contributed by atoms with Gasteiger partial charge in [0.2, 0.25) is 11.8 Å². The number of piperidine rings is 1. The first-order valence-electron chi connectivity index (χ1n) is 10.4. The number of rotatable bonds is 4. The van der Waals surface area contributed by atoms with Gasteiger partial charge < -0.3 is 15.1 Å². The highest BCUT2D eigenvalue weighted by Crippen LogP contribution is 2.40. The largest absolute Gasteiger partial charge is 0.341 e. The summed E-state index contributed by atoms with van der Waals surface area (Å²) in [6, 6.07) is 12.7. The number of nitrogens with zero attached hydrogens (tertiary/aromatic N) is 2. The number of para-hydroxylation sites is 1. The third kappa shape index (κ3) is 4.72. The van der Waals surface area contributed by atoms with Crippen molar-refractivity contribution in [3.63, 3.8) is 0 Å². The van der Waals surface area contributed by atoms with E-state index in [1.165, 1.54) is 16.7 Å². The Balaban J connectivity index is 1.54. The second-order valence-electron chi connectivity index (χ2n) is 7.79. The van der Waals surface area contributed by atoms with Gasteiger partial charge in [0.15, 0.2) is 5.25 Å². The van der Waals surface area contributed by atoms with Crippen LogP contribution in [0.5, 0.6) is 0 Å². The molecule has 0 aromatic heterocycles. The van der Waals surface area contributed by atoms with Crippen molar-refractivity contribution in [2.75, 3.05) is 29.9 Å². The summed E-state index contributed by atoms with van der Waals surface area (Å²) in [6.07, 6.45) is 3.02. The Labute approximate surface area is 190 Å². The van der Waals surface area contributed by atoms with Crippen molar-refractivity contribution < 1.29 is 14.4 Å². The molecule has 6 nitrogen and oxygen atoms in total. The van der Waals surface area contributed by atoms with E-state index in [1.54, 1.807) is 23.1 Å². The van der Waals surface area contributed by atoms with Crippen molar-refractivity contribution in [2.45, 2.75) is 36.3 Å². The zero-order valence-electron chi connectivity index (χ0n) is 17.3. The van der Waals surface area contributed by atoms with Gasteiger partial charge in [0.25, 0.3) is 5.91 Å². The third-order valence-corrected chi connectivity index (χ3v) is 7.19. The molecule has 0 aliphatic carbocycles. The van der Waals surface area contributed by atoms with Gasteiger partial charge in [-0.25, -0.2) is 0 Å². The maximum atomic E-state index is 13.3. The molecular weight excluding hydrogens is 434 g/mol. The minimum Gasteiger partial charge on any atom is -0.341 e. The molecule has 3 amide bonds. The highest BCUT2D eigenvalue weighted by molar-refractivity contribution is 8.01. The maximum Gasteiger partial charge on any atom is 0.250 e. The number of nitrogens with one attached hydrogen (secondary N) is 1. The lowest BCUT2D eigenvalue weighted by Gasteiger charge is -2.36. The number of halogens is 1. The van der Waals surface area contributed by atoms with Crippen molar-refractivity contribution in [3.8, 4) is 0 Å². The van der Waals surface area contributed by atoms with E-state index >= 15 is 0 Å². The monoisotopic (exact) mass is 457 g/mol. The number of benzene rings is 2. The molecule has 162 valence electrons. The SMILES string of the molecule is Cc1ccc(NC(=O)CN2C(=O)[C@H](C(=O)N3CCCCC3)Sc3ccccc32)cc1Cl. The fourth-order valence-corrected chi connectivity index (χ4v) is 5.20. The van der Waals surface area contributed by atoms with Crippen molar-refractivity contribution >= 4 is 52.5 Å². The molecule has 0 radical (unpaired) electrons. The number of likely N-dealkylation sites (tertiary alicyclic amines) is 1. The molecule has 0 saturated carbocycles. The Morgan fingerprint density at radius 1 is 1.13 bits per heavy atom. The number of anilines is 2. The molecule has 2 aromatic rings. The normalized spacial score (nSPS) is 18.5. The van der Waals surface area contributed by atoms with Crippen LogP contribution >= 0.6 is 23.4 Å². The first-order chi connectivity index (χ1) is 14.9. The van der Waals surface area contributed by atoms with Gasteiger partial charge in [-0.2, -0.15) is 0 Å². The molecule has 31 heavy (non-hydrogen) atoms. The summed E-state index contributed by atoms with van der Waals surface area (Å²) >= 11 is 7.42. The minimum atomic E-state index is -0.866. The average molecular weight is 458 g/mol. The smallest absolute Gasteiger partial charge is 0.250 e. The van der Waals surface area contributed by atoms with Crippen LogP contribution in [0.3, 0.4) is 0 Å². The summed E-state index contributed by atoms with van der Waals surface area (Å²) in [5, 5.41) is 2.49. The molecule has 0 unspecified atom stereocenters. The first-order valence-corrected chi connectivity index (χ1v) is 11.6. The van der Waals surface area contributed by atoms with Crippen LogP contribution in [0.15, 0.2) is 47.4 Å². The molecule has 2 aromatic carbocycles. The lowest BCUT2D eigenvalue weighted by atomic mass is 10.1. The van der Waals surface area contributed by atoms with Crippen LogP contribution in [0, 0.1) is 6.92 Å². The Kier molecular flexibility index (Phi) is 6.53. The second kappa shape index (κ2) is 9.32. The van der Waals surface area contributed by atoms with E-state index in [0.29, 0.717) is 29.5 Å². The van der Waals surface area contributed by atoms with E-state index in [9.17, 15) is 14.4 Å². The Morgan fingerprint density at radius 2 is 1.87 bits per heavy atom. The van der Waals surface area contributed by atoms with Crippen molar-refractivity contribution in [1.29, 1.82) is 0 Å². The summed E-state index contributed by atoms with van der Waals surface area (Å²) in [6.45, 7) is 3.07. The average Bonchev–Trinajstić information content (AvgIpc) is 2.78. The number of hydrogen-bond donors (Lipinski definition) is 1. The van der Waals surface area contributed by atoms with Gasteiger partial charge in [-0.15, -0.1) is 11.8 Å². The van der Waals surface area contributed by atoms with Crippen LogP contribution < -0.4 is 10.2 Å². The summed E-state index contributed by atoms with van der Waals surface area (Å²) in [5.41, 5.74) is 2.13. The third-order valence-electron chi connectivity index (χ3n) is 5.54. The molecule has 2 aliphatic heterocycles. The van der Waals surface area contributed by atoms with Gasteiger partial charge in [-0.1, -0.05) is 29.8 Å². The zero-order chi connectivity index (χ0) is 22.0. The molecular formula is C23H24ClN3O3S. The number of amides is 3. The maximum absolute atomic E-state index is 13.3. The molecule has 2 aliphatic rings. The van der Waals surface area contributed by atoms with E-state index in [4.69, 9.17) is 11.6 Å². The van der Waals surface area contributed by atoms with Crippen LogP contribution in [-0.2, 0) is 14.4 Å². The number of aryl methyl sites for hydroxylation is 1. The molecule has 4 rings (SSSR count). The number of carbonyl (C=O) groups excluding carboxylic acids is 3. The van der Waals surface area contributed by atoms with E-state index < -0.39 is 5.25 Å². The Morgan fingerprint density at radius 3 is 2.61 bits per heavy atom. The minimum absolute atomic E-state index is 0.167. The van der Waals surface area contributed by atoms with Crippen LogP contribution in [0.1, 0.15) is 24.8 Å². The van der Waals surface area contributed by atoms with Crippen LogP contribution in [-0.4, -0.2) is 47.5 Å². The molecule has 0 spiro atoms. The molecule has 0 bridgehead atoms. The fourth-order valence-electron chi connectivity index (χ4n) is 3.83. The molecule has 1 atom stereocenters. The predicted molar refractivity (Wildman–Crippen MR) is 124 cm³/mol. The van der Waals surface area contributed by atoms with E-state index in [-0.39, 0.29) is 24.3 Å². The predicted octanol–water partition coefficient (Wildman–Crippen LogP) is 4.11. The lowest BCUT2D eigenvalue weighted by Crippen LogP contribution is -2.52. The Hall–Kier alpha value is -2.51. The van der Waals surface area contributed by atoms with Crippen LogP contribution in [0.2, 0.25) is 5.02 Å². The van der Waals surface area contributed by atoms with Gasteiger partial charge in [0, 0.05) is 28.7 Å². The van der Waals surface area contributed by atoms with Crippen molar-refractivity contribution in [1.82, 2.24) is 4.90 Å². The van der Waals surface area contributed by atoms with E-state index in [2.05, 4.69) is 5.32 Å². The van der Waals surface area contributed by atoms with Gasteiger partial charge in [-0.05, 0) is 56.0 Å². The topological polar surface area (TPSA) is 69.7 Å². The number of thioether (sulfide) groups is 1. The molecule has 1 saturated heterocycles. The number of fused-ring (bicyclic) bond motifs is 1. The fraction of sp³-hybridized carbons (Fsp3) is 0.348. The van der Waals surface area contributed by atoms with Crippen molar-refractivity contribution in [2.24, 2.45) is 0 Å². The van der Waals surface area contributed by atoms with Gasteiger partial charge in [0.1, 0.15) is 6.54 Å². The van der Waals surface area contributed by atoms with Crippen LogP contribution in [0.4, 0.5) is 11.4 Å². The van der Waals surface area contributed by atoms with E-state index in [1.807, 2.05) is 31.2 Å². The number of hydrogen-bond acceptors (Lipinski definition) is 4. The summed E-state index contributed by atoms with van der Waals surface area (Å²) < 4.78 is 0. The van der Waals surface area contributed by atoms with E-state index in [0.717, 1.165) is 29.7 Å². The van der Waals surface area contributed by atoms with Gasteiger partial charge in [0.05, 0.1) is 5.69 Å². The zero-order valence-corrected chi connectivity index (χ0v) is 18.8. The summed E-state index contributed by atoms with van der Waals surface area (Å²) in [4.78, 5) is 43.2. The Bertz CT molecular complexity index is 1020. The van der Waals surface area contributed by atoms with Crippen molar-refractivity contribution in [3.05, 3.63) is 53.1 Å². The number of carbonyl (C=O) groups is 3.